The lowest BCUT2D eigenvalue weighted by atomic mass is 10.3. The monoisotopic (exact) mass is 418 g/mol. The maximum absolute atomic E-state index is 12.9. The van der Waals surface area contributed by atoms with Gasteiger partial charge >= 0.3 is 11.4 Å². The second-order valence-corrected chi connectivity index (χ2v) is 7.28. The predicted molar refractivity (Wildman–Crippen MR) is 114 cm³/mol. The number of para-hydroxylation sites is 4. The van der Waals surface area contributed by atoms with Gasteiger partial charge in [0.2, 0.25) is 0 Å². The van der Waals surface area contributed by atoms with Crippen LogP contribution in [0.2, 0.25) is 0 Å². The Kier molecular flexibility index (Phi) is 5.33. The summed E-state index contributed by atoms with van der Waals surface area (Å²) in [6, 6.07) is 15.3. The van der Waals surface area contributed by atoms with E-state index in [4.69, 9.17) is 23.2 Å². The standard InChI is InChI=1S/C20H20Cl2N4O2/c21-9-11-23-15-5-1-3-7-17(15)25(19(23)27)13-14-26-18-8-4-2-6-16(18)24(12-10-22)20(26)28/h1-8H,9-14H2. The predicted octanol–water partition coefficient (Wildman–Crippen LogP) is 3.10. The number of rotatable bonds is 7. The van der Waals surface area contributed by atoms with Gasteiger partial charge in [-0.25, -0.2) is 9.59 Å². The largest absolute Gasteiger partial charge is 0.329 e. The van der Waals surface area contributed by atoms with E-state index in [2.05, 4.69) is 0 Å². The molecule has 8 heteroatoms. The first-order valence-electron chi connectivity index (χ1n) is 9.15. The molecule has 0 aliphatic rings. The highest BCUT2D eigenvalue weighted by Crippen LogP contribution is 2.15. The van der Waals surface area contributed by atoms with Crippen LogP contribution in [0.25, 0.3) is 22.1 Å². The van der Waals surface area contributed by atoms with E-state index in [1.807, 2.05) is 48.5 Å². The average molecular weight is 419 g/mol. The summed E-state index contributed by atoms with van der Waals surface area (Å²) in [5, 5.41) is 0. The molecular formula is C20H20Cl2N4O2. The lowest BCUT2D eigenvalue weighted by Crippen LogP contribution is -2.30. The number of halogens is 2. The van der Waals surface area contributed by atoms with Crippen molar-refractivity contribution in [1.82, 2.24) is 18.3 Å². The topological polar surface area (TPSA) is 53.9 Å². The minimum absolute atomic E-state index is 0.112. The van der Waals surface area contributed by atoms with Crippen LogP contribution >= 0.6 is 23.2 Å². The van der Waals surface area contributed by atoms with Gasteiger partial charge < -0.3 is 0 Å². The highest BCUT2D eigenvalue weighted by atomic mass is 35.5. The molecule has 0 aliphatic heterocycles. The molecule has 2 heterocycles. The fraction of sp³-hybridized carbons (Fsp3) is 0.300. The summed E-state index contributed by atoms with van der Waals surface area (Å²) < 4.78 is 6.79. The van der Waals surface area contributed by atoms with Crippen molar-refractivity contribution in [3.8, 4) is 0 Å². The van der Waals surface area contributed by atoms with Crippen molar-refractivity contribution in [2.45, 2.75) is 26.2 Å². The number of aryl methyl sites for hydroxylation is 4. The van der Waals surface area contributed by atoms with Crippen molar-refractivity contribution in [3.05, 3.63) is 69.5 Å². The lowest BCUT2D eigenvalue weighted by molar-refractivity contribution is 0.549. The zero-order valence-corrected chi connectivity index (χ0v) is 16.7. The number of alkyl halides is 2. The fourth-order valence-corrected chi connectivity index (χ4v) is 4.12. The van der Waals surface area contributed by atoms with Crippen LogP contribution in [0.5, 0.6) is 0 Å². The Morgan fingerprint density at radius 1 is 0.536 bits per heavy atom. The Hall–Kier alpha value is -2.44. The van der Waals surface area contributed by atoms with Crippen molar-refractivity contribution in [3.63, 3.8) is 0 Å². The summed E-state index contributed by atoms with van der Waals surface area (Å²) in [7, 11) is 0. The van der Waals surface area contributed by atoms with Gasteiger partial charge in [0, 0.05) is 37.9 Å². The van der Waals surface area contributed by atoms with Gasteiger partial charge in [-0.3, -0.25) is 18.3 Å². The number of benzene rings is 2. The number of hydrogen-bond acceptors (Lipinski definition) is 2. The molecule has 4 aromatic rings. The molecule has 0 saturated carbocycles. The minimum atomic E-state index is -0.112. The molecule has 0 amide bonds. The summed E-state index contributed by atoms with van der Waals surface area (Å²) in [6.45, 7) is 1.68. The summed E-state index contributed by atoms with van der Waals surface area (Å²) in [4.78, 5) is 25.8. The molecule has 146 valence electrons. The first kappa shape index (κ1) is 18.9. The average Bonchev–Trinajstić information content (AvgIpc) is 3.13. The van der Waals surface area contributed by atoms with Gasteiger partial charge in [0.05, 0.1) is 22.1 Å². The molecule has 0 N–H and O–H groups in total. The van der Waals surface area contributed by atoms with Crippen LogP contribution in [0.3, 0.4) is 0 Å². The van der Waals surface area contributed by atoms with E-state index in [-0.39, 0.29) is 11.4 Å². The molecule has 4 rings (SSSR count). The molecule has 0 fully saturated rings. The molecule has 0 spiro atoms. The highest BCUT2D eigenvalue weighted by molar-refractivity contribution is 6.18. The zero-order chi connectivity index (χ0) is 19.7. The first-order chi connectivity index (χ1) is 13.7. The van der Waals surface area contributed by atoms with Crippen molar-refractivity contribution in [2.24, 2.45) is 0 Å². The molecule has 0 radical (unpaired) electrons. The van der Waals surface area contributed by atoms with E-state index in [1.165, 1.54) is 0 Å². The third-order valence-electron chi connectivity index (χ3n) is 5.01. The van der Waals surface area contributed by atoms with Crippen LogP contribution in [-0.4, -0.2) is 30.0 Å². The van der Waals surface area contributed by atoms with E-state index in [9.17, 15) is 9.59 Å². The van der Waals surface area contributed by atoms with Gasteiger partial charge in [-0.1, -0.05) is 24.3 Å². The van der Waals surface area contributed by atoms with Crippen molar-refractivity contribution < 1.29 is 0 Å². The van der Waals surface area contributed by atoms with Crippen LogP contribution in [0.1, 0.15) is 0 Å². The molecule has 6 nitrogen and oxygen atoms in total. The number of aromatic nitrogens is 4. The Bertz CT molecular complexity index is 1150. The normalized spacial score (nSPS) is 11.6. The maximum atomic E-state index is 12.9. The minimum Gasteiger partial charge on any atom is -0.291 e. The van der Waals surface area contributed by atoms with Crippen LogP contribution in [-0.2, 0) is 26.2 Å². The highest BCUT2D eigenvalue weighted by Gasteiger charge is 2.15. The lowest BCUT2D eigenvalue weighted by Gasteiger charge is -2.05. The van der Waals surface area contributed by atoms with Gasteiger partial charge in [0.25, 0.3) is 0 Å². The van der Waals surface area contributed by atoms with Gasteiger partial charge in [-0.2, -0.15) is 0 Å². The van der Waals surface area contributed by atoms with Crippen LogP contribution in [0.15, 0.2) is 58.1 Å². The van der Waals surface area contributed by atoms with Crippen LogP contribution < -0.4 is 11.4 Å². The molecule has 2 aromatic carbocycles. The third kappa shape index (κ3) is 3.06. The molecule has 28 heavy (non-hydrogen) atoms. The second kappa shape index (κ2) is 7.89. The SMILES string of the molecule is O=c1n(CCCl)c2ccccc2n1CCn1c(=O)n(CCCl)c2ccccc21. The maximum Gasteiger partial charge on any atom is 0.329 e. The zero-order valence-electron chi connectivity index (χ0n) is 15.2. The van der Waals surface area contributed by atoms with Crippen molar-refractivity contribution in [1.29, 1.82) is 0 Å². The summed E-state index contributed by atoms with van der Waals surface area (Å²) in [5.74, 6) is 0.721. The molecule has 0 atom stereocenters. The smallest absolute Gasteiger partial charge is 0.291 e. The fourth-order valence-electron chi connectivity index (χ4n) is 3.78. The molecule has 0 bridgehead atoms. The Morgan fingerprint density at radius 2 is 0.821 bits per heavy atom. The van der Waals surface area contributed by atoms with Crippen molar-refractivity contribution in [2.75, 3.05) is 11.8 Å². The van der Waals surface area contributed by atoms with Crippen molar-refractivity contribution >= 4 is 45.3 Å². The van der Waals surface area contributed by atoms with Crippen LogP contribution in [0, 0.1) is 0 Å². The van der Waals surface area contributed by atoms with E-state index < -0.39 is 0 Å². The number of nitrogens with zero attached hydrogens (tertiary/aromatic N) is 4. The van der Waals surface area contributed by atoms with Crippen LogP contribution in [0.4, 0.5) is 0 Å². The second-order valence-electron chi connectivity index (χ2n) is 6.53. The molecular weight excluding hydrogens is 399 g/mol. The molecule has 0 aliphatic carbocycles. The third-order valence-corrected chi connectivity index (χ3v) is 5.35. The van der Waals surface area contributed by atoms with E-state index >= 15 is 0 Å². The quantitative estimate of drug-likeness (QED) is 0.433. The Labute approximate surface area is 171 Å². The summed E-state index contributed by atoms with van der Waals surface area (Å²) in [6.07, 6.45) is 0. The van der Waals surface area contributed by atoms with Gasteiger partial charge in [0.15, 0.2) is 0 Å². The Morgan fingerprint density at radius 3 is 1.11 bits per heavy atom. The summed E-state index contributed by atoms with van der Waals surface area (Å²) >= 11 is 11.8. The van der Waals surface area contributed by atoms with Gasteiger partial charge in [0.1, 0.15) is 0 Å². The molecule has 0 saturated heterocycles. The number of fused-ring (bicyclic) bond motifs is 2. The number of imidazole rings is 2. The number of hydrogen-bond donors (Lipinski definition) is 0. The van der Waals surface area contributed by atoms with Gasteiger partial charge in [-0.05, 0) is 24.3 Å². The van der Waals surface area contributed by atoms with E-state index in [0.29, 0.717) is 37.9 Å². The molecule has 2 aromatic heterocycles. The van der Waals surface area contributed by atoms with E-state index in [1.54, 1.807) is 18.3 Å². The first-order valence-corrected chi connectivity index (χ1v) is 10.2. The summed E-state index contributed by atoms with van der Waals surface area (Å²) in [5.41, 5.74) is 3.17. The molecule has 0 unspecified atom stereocenters. The van der Waals surface area contributed by atoms with E-state index in [0.717, 1.165) is 22.1 Å². The van der Waals surface area contributed by atoms with Gasteiger partial charge in [-0.15, -0.1) is 23.2 Å². The Balaban J connectivity index is 1.77.